The summed E-state index contributed by atoms with van der Waals surface area (Å²) in [6.45, 7) is 1.84. The second kappa shape index (κ2) is 8.78. The van der Waals surface area contributed by atoms with E-state index in [1.165, 1.54) is 30.5 Å². The van der Waals surface area contributed by atoms with Crippen LogP contribution >= 0.6 is 23.2 Å². The highest BCUT2D eigenvalue weighted by Gasteiger charge is 2.16. The van der Waals surface area contributed by atoms with Crippen molar-refractivity contribution in [2.24, 2.45) is 0 Å². The highest BCUT2D eigenvalue weighted by atomic mass is 35.5. The summed E-state index contributed by atoms with van der Waals surface area (Å²) in [5, 5.41) is 2.51. The summed E-state index contributed by atoms with van der Waals surface area (Å²) in [5.41, 5.74) is 1.04. The normalized spacial score (nSPS) is 11.3. The van der Waals surface area contributed by atoms with E-state index in [-0.39, 0.29) is 40.3 Å². The Morgan fingerprint density at radius 2 is 1.92 bits per heavy atom. The molecular weight excluding hydrogens is 373 g/mol. The van der Waals surface area contributed by atoms with Crippen LogP contribution in [0.3, 0.4) is 0 Å². The molecule has 0 radical (unpaired) electrons. The molecule has 0 unspecified atom stereocenters. The Kier molecular flexibility index (Phi) is 6.73. The van der Waals surface area contributed by atoms with Crippen LogP contribution in [0.5, 0.6) is 0 Å². The maximum absolute atomic E-state index is 13.6. The largest absolute Gasteiger partial charge is 0.463 e. The second-order valence-electron chi connectivity index (χ2n) is 4.93. The third kappa shape index (κ3) is 5.41. The monoisotopic (exact) mass is 386 g/mol. The Labute approximate surface area is 153 Å². The number of benzene rings is 1. The highest BCUT2D eigenvalue weighted by molar-refractivity contribution is 6.33. The number of ether oxygens (including phenoxy) is 1. The first-order chi connectivity index (χ1) is 11.9. The molecule has 132 valence electrons. The molecule has 0 amide bonds. The molecule has 8 heteroatoms. The lowest BCUT2D eigenvalue weighted by Gasteiger charge is -2.10. The molecule has 0 atom stereocenters. The first kappa shape index (κ1) is 19.1. The number of pyridine rings is 1. The molecule has 0 aliphatic rings. The number of carbonyl (C=O) groups is 1. The third-order valence-electron chi connectivity index (χ3n) is 3.14. The molecule has 4 nitrogen and oxygen atoms in total. The third-order valence-corrected chi connectivity index (χ3v) is 3.73. The van der Waals surface area contributed by atoms with Crippen LogP contribution in [-0.4, -0.2) is 17.6 Å². The van der Waals surface area contributed by atoms with Gasteiger partial charge in [-0.05, 0) is 42.8 Å². The quantitative estimate of drug-likeness (QED) is 0.441. The van der Waals surface area contributed by atoms with Gasteiger partial charge in [0.1, 0.15) is 11.0 Å². The number of hydrogen-bond acceptors (Lipinski definition) is 4. The Bertz CT molecular complexity index is 796. The molecule has 0 bridgehead atoms. The number of rotatable bonds is 6. The van der Waals surface area contributed by atoms with E-state index in [1.54, 1.807) is 6.92 Å². The van der Waals surface area contributed by atoms with Gasteiger partial charge >= 0.3 is 5.97 Å². The van der Waals surface area contributed by atoms with Crippen molar-refractivity contribution in [3.05, 3.63) is 69.6 Å². The van der Waals surface area contributed by atoms with E-state index in [1.807, 2.05) is 0 Å². The van der Waals surface area contributed by atoms with Gasteiger partial charge in [0, 0.05) is 18.3 Å². The topological polar surface area (TPSA) is 51.2 Å². The Morgan fingerprint density at radius 3 is 2.56 bits per heavy atom. The average molecular weight is 387 g/mol. The smallest absolute Gasteiger partial charge is 0.335 e. The molecule has 1 N–H and O–H groups in total. The number of halogens is 4. The van der Waals surface area contributed by atoms with Crippen molar-refractivity contribution in [1.29, 1.82) is 0 Å². The second-order valence-corrected chi connectivity index (χ2v) is 5.65. The zero-order valence-corrected chi connectivity index (χ0v) is 14.7. The first-order valence-corrected chi connectivity index (χ1v) is 8.05. The molecule has 0 fully saturated rings. The molecule has 1 aromatic heterocycles. The summed E-state index contributed by atoms with van der Waals surface area (Å²) < 4.78 is 31.5. The molecular formula is C17H14Cl2F2N2O2. The van der Waals surface area contributed by atoms with Gasteiger partial charge in [0.15, 0.2) is 11.0 Å². The Balaban J connectivity index is 2.26. The number of carbonyl (C=O) groups excluding carboxylic acids is 1. The minimum Gasteiger partial charge on any atom is -0.463 e. The van der Waals surface area contributed by atoms with E-state index >= 15 is 0 Å². The van der Waals surface area contributed by atoms with Crippen molar-refractivity contribution >= 4 is 34.9 Å². The van der Waals surface area contributed by atoms with Crippen LogP contribution in [0, 0.1) is 11.6 Å². The van der Waals surface area contributed by atoms with Gasteiger partial charge in [-0.2, -0.15) is 0 Å². The predicted octanol–water partition coefficient (Wildman–Crippen LogP) is 4.77. The molecule has 1 heterocycles. The highest BCUT2D eigenvalue weighted by Crippen LogP contribution is 2.23. The van der Waals surface area contributed by atoms with Gasteiger partial charge in [0.05, 0.1) is 12.2 Å². The molecule has 0 aliphatic carbocycles. The van der Waals surface area contributed by atoms with E-state index in [0.29, 0.717) is 5.69 Å². The van der Waals surface area contributed by atoms with Crippen molar-refractivity contribution in [2.75, 3.05) is 11.9 Å². The van der Waals surface area contributed by atoms with Crippen LogP contribution in [-0.2, 0) is 16.0 Å². The minimum atomic E-state index is -0.740. The first-order valence-electron chi connectivity index (χ1n) is 7.29. The number of nitrogens with zero attached hydrogens (tertiary/aromatic N) is 1. The fourth-order valence-electron chi connectivity index (χ4n) is 1.94. The van der Waals surface area contributed by atoms with Gasteiger partial charge in [0.25, 0.3) is 0 Å². The summed E-state index contributed by atoms with van der Waals surface area (Å²) in [6.07, 6.45) is 1.38. The average Bonchev–Trinajstić information content (AvgIpc) is 2.57. The van der Waals surface area contributed by atoms with Gasteiger partial charge < -0.3 is 10.1 Å². The standard InChI is InChI=1S/C17H14Cl2F2N2O2/c1-2-25-17(24)11(9-22-13-5-3-12(20)4-6-13)7-10-8-14(21)16(19)23-15(10)18/h3-6,8-9,22H,2,7H2,1H3/b11-9+. The number of anilines is 1. The van der Waals surface area contributed by atoms with Crippen LogP contribution in [0.25, 0.3) is 0 Å². The lowest BCUT2D eigenvalue weighted by Crippen LogP contribution is -2.12. The maximum atomic E-state index is 13.6. The predicted molar refractivity (Wildman–Crippen MR) is 92.7 cm³/mol. The zero-order chi connectivity index (χ0) is 18.4. The lowest BCUT2D eigenvalue weighted by atomic mass is 10.1. The minimum absolute atomic E-state index is 0.0108. The van der Waals surface area contributed by atoms with Gasteiger partial charge in [-0.15, -0.1) is 0 Å². The SMILES string of the molecule is CCOC(=O)/C(=C/Nc1ccc(F)cc1)Cc1cc(F)c(Cl)nc1Cl. The summed E-state index contributed by atoms with van der Waals surface area (Å²) in [7, 11) is 0. The van der Waals surface area contributed by atoms with E-state index in [4.69, 9.17) is 27.9 Å². The van der Waals surface area contributed by atoms with Crippen LogP contribution in [0.4, 0.5) is 14.5 Å². The summed E-state index contributed by atoms with van der Waals surface area (Å²) >= 11 is 11.5. The maximum Gasteiger partial charge on any atom is 0.335 e. The van der Waals surface area contributed by atoms with Crippen molar-refractivity contribution in [3.8, 4) is 0 Å². The number of aromatic nitrogens is 1. The molecule has 2 rings (SSSR count). The van der Waals surface area contributed by atoms with E-state index in [0.717, 1.165) is 6.07 Å². The van der Waals surface area contributed by atoms with Crippen LogP contribution < -0.4 is 5.32 Å². The Hall–Kier alpha value is -2.18. The van der Waals surface area contributed by atoms with Gasteiger partial charge in [-0.1, -0.05) is 23.2 Å². The van der Waals surface area contributed by atoms with Crippen molar-refractivity contribution in [2.45, 2.75) is 13.3 Å². The molecule has 1 aromatic carbocycles. The lowest BCUT2D eigenvalue weighted by molar-refractivity contribution is -0.138. The molecule has 2 aromatic rings. The number of hydrogen-bond donors (Lipinski definition) is 1. The van der Waals surface area contributed by atoms with E-state index in [9.17, 15) is 13.6 Å². The van der Waals surface area contributed by atoms with E-state index in [2.05, 4.69) is 10.3 Å². The Morgan fingerprint density at radius 1 is 1.24 bits per heavy atom. The summed E-state index contributed by atoms with van der Waals surface area (Å²) in [5.74, 6) is -1.71. The van der Waals surface area contributed by atoms with Gasteiger partial charge in [0.2, 0.25) is 0 Å². The van der Waals surface area contributed by atoms with Crippen LogP contribution in [0.1, 0.15) is 12.5 Å². The summed E-state index contributed by atoms with van der Waals surface area (Å²) in [6, 6.07) is 6.67. The van der Waals surface area contributed by atoms with Crippen LogP contribution in [0.15, 0.2) is 42.1 Å². The molecule has 0 aliphatic heterocycles. The molecule has 0 saturated heterocycles. The number of esters is 1. The zero-order valence-electron chi connectivity index (χ0n) is 13.2. The number of nitrogens with one attached hydrogen (secondary N) is 1. The van der Waals surface area contributed by atoms with Crippen molar-refractivity contribution < 1.29 is 18.3 Å². The van der Waals surface area contributed by atoms with E-state index < -0.39 is 11.8 Å². The molecule has 0 spiro atoms. The van der Waals surface area contributed by atoms with Gasteiger partial charge in [-0.3, -0.25) is 0 Å². The molecule has 25 heavy (non-hydrogen) atoms. The van der Waals surface area contributed by atoms with Gasteiger partial charge in [-0.25, -0.2) is 18.6 Å². The van der Waals surface area contributed by atoms with Crippen molar-refractivity contribution in [3.63, 3.8) is 0 Å². The summed E-state index contributed by atoms with van der Waals surface area (Å²) in [4.78, 5) is 15.8. The molecule has 0 saturated carbocycles. The van der Waals surface area contributed by atoms with Crippen LogP contribution in [0.2, 0.25) is 10.3 Å². The fraction of sp³-hybridized carbons (Fsp3) is 0.176. The fourth-order valence-corrected chi connectivity index (χ4v) is 2.32. The van der Waals surface area contributed by atoms with Crippen molar-refractivity contribution in [1.82, 2.24) is 4.98 Å².